The van der Waals surface area contributed by atoms with Crippen LogP contribution in [0.15, 0.2) is 0 Å². The van der Waals surface area contributed by atoms with Gasteiger partial charge < -0.3 is 14.7 Å². The zero-order valence-corrected chi connectivity index (χ0v) is 11.7. The van der Waals surface area contributed by atoms with E-state index >= 15 is 0 Å². The van der Waals surface area contributed by atoms with Gasteiger partial charge in [-0.3, -0.25) is 0 Å². The van der Waals surface area contributed by atoms with Crippen molar-refractivity contribution >= 4 is 5.97 Å². The average molecular weight is 257 g/mol. The predicted molar refractivity (Wildman–Crippen MR) is 71.8 cm³/mol. The minimum atomic E-state index is -0.842. The van der Waals surface area contributed by atoms with Gasteiger partial charge in [-0.15, -0.1) is 0 Å². The van der Waals surface area contributed by atoms with Crippen LogP contribution in [0.5, 0.6) is 0 Å². The first-order valence-electron chi connectivity index (χ1n) is 7.19. The molecular weight excluding hydrogens is 230 g/mol. The molecule has 0 aromatic carbocycles. The van der Waals surface area contributed by atoms with Gasteiger partial charge in [0.05, 0.1) is 0 Å². The highest BCUT2D eigenvalue weighted by Crippen LogP contribution is 2.21. The lowest BCUT2D eigenvalue weighted by Gasteiger charge is -2.28. The van der Waals surface area contributed by atoms with Crippen molar-refractivity contribution in [3.8, 4) is 0 Å². The van der Waals surface area contributed by atoms with Gasteiger partial charge in [0.25, 0.3) is 0 Å². The van der Waals surface area contributed by atoms with Crippen LogP contribution in [0.2, 0.25) is 0 Å². The van der Waals surface area contributed by atoms with Crippen LogP contribution in [-0.2, 0) is 9.53 Å². The molecule has 1 N–H and O–H groups in total. The standard InChI is InChI=1S/C14H27NO3/c1-3-18-13(14(16)17)10-11-15(2)12-8-6-4-5-7-9-12/h12-13H,3-11H2,1-2H3,(H,16,17). The SMILES string of the molecule is CCOC(CCN(C)C1CCCCCC1)C(=O)O. The van der Waals surface area contributed by atoms with Crippen LogP contribution in [0.4, 0.5) is 0 Å². The topological polar surface area (TPSA) is 49.8 Å². The van der Waals surface area contributed by atoms with E-state index in [1.807, 2.05) is 6.92 Å². The maximum atomic E-state index is 11.0. The van der Waals surface area contributed by atoms with Gasteiger partial charge in [0, 0.05) is 19.2 Å². The third-order valence-corrected chi connectivity index (χ3v) is 3.84. The van der Waals surface area contributed by atoms with E-state index in [1.165, 1.54) is 38.5 Å². The second kappa shape index (κ2) is 8.48. The molecule has 1 aliphatic rings. The second-order valence-electron chi connectivity index (χ2n) is 5.20. The van der Waals surface area contributed by atoms with Crippen molar-refractivity contribution in [2.75, 3.05) is 20.2 Å². The second-order valence-corrected chi connectivity index (χ2v) is 5.20. The van der Waals surface area contributed by atoms with Crippen LogP contribution in [0.25, 0.3) is 0 Å². The molecular formula is C14H27NO3. The number of hydrogen-bond donors (Lipinski definition) is 1. The van der Waals surface area contributed by atoms with Crippen molar-refractivity contribution in [1.29, 1.82) is 0 Å². The molecule has 1 saturated carbocycles. The first-order valence-corrected chi connectivity index (χ1v) is 7.19. The maximum absolute atomic E-state index is 11.0. The van der Waals surface area contributed by atoms with Crippen LogP contribution < -0.4 is 0 Å². The van der Waals surface area contributed by atoms with Crippen molar-refractivity contribution in [3.63, 3.8) is 0 Å². The Bertz CT molecular complexity index is 237. The van der Waals surface area contributed by atoms with Gasteiger partial charge in [0.15, 0.2) is 6.10 Å². The lowest BCUT2D eigenvalue weighted by Crippen LogP contribution is -2.35. The van der Waals surface area contributed by atoms with E-state index < -0.39 is 12.1 Å². The molecule has 0 aliphatic heterocycles. The number of nitrogens with zero attached hydrogens (tertiary/aromatic N) is 1. The first kappa shape index (κ1) is 15.4. The number of carbonyl (C=O) groups is 1. The minimum Gasteiger partial charge on any atom is -0.479 e. The van der Waals surface area contributed by atoms with Gasteiger partial charge in [-0.25, -0.2) is 4.79 Å². The molecule has 106 valence electrons. The van der Waals surface area contributed by atoms with Crippen molar-refractivity contribution in [3.05, 3.63) is 0 Å². The fourth-order valence-electron chi connectivity index (χ4n) is 2.68. The van der Waals surface area contributed by atoms with Gasteiger partial charge in [0.1, 0.15) is 0 Å². The molecule has 1 atom stereocenters. The Morgan fingerprint density at radius 3 is 2.44 bits per heavy atom. The summed E-state index contributed by atoms with van der Waals surface area (Å²) in [7, 11) is 2.11. The highest BCUT2D eigenvalue weighted by molar-refractivity contribution is 5.72. The third kappa shape index (κ3) is 5.36. The Hall–Kier alpha value is -0.610. The highest BCUT2D eigenvalue weighted by atomic mass is 16.5. The maximum Gasteiger partial charge on any atom is 0.332 e. The Kier molecular flexibility index (Phi) is 7.28. The average Bonchev–Trinajstić information content (AvgIpc) is 2.62. The molecule has 4 nitrogen and oxygen atoms in total. The number of hydrogen-bond acceptors (Lipinski definition) is 3. The van der Waals surface area contributed by atoms with Crippen molar-refractivity contribution < 1.29 is 14.6 Å². The van der Waals surface area contributed by atoms with E-state index in [0.29, 0.717) is 19.1 Å². The summed E-state index contributed by atoms with van der Waals surface area (Å²) < 4.78 is 5.24. The highest BCUT2D eigenvalue weighted by Gasteiger charge is 2.21. The Morgan fingerprint density at radius 1 is 1.33 bits per heavy atom. The van der Waals surface area contributed by atoms with Crippen LogP contribution >= 0.6 is 0 Å². The number of carboxylic acids is 1. The summed E-state index contributed by atoms with van der Waals surface area (Å²) in [6.45, 7) is 3.11. The Labute approximate surface area is 110 Å². The van der Waals surface area contributed by atoms with E-state index in [0.717, 1.165) is 6.54 Å². The smallest absolute Gasteiger partial charge is 0.332 e. The van der Waals surface area contributed by atoms with Crippen molar-refractivity contribution in [2.45, 2.75) is 64.0 Å². The molecule has 0 aromatic heterocycles. The molecule has 18 heavy (non-hydrogen) atoms. The zero-order chi connectivity index (χ0) is 13.4. The Balaban J connectivity index is 2.33. The monoisotopic (exact) mass is 257 g/mol. The third-order valence-electron chi connectivity index (χ3n) is 3.84. The minimum absolute atomic E-state index is 0.462. The largest absolute Gasteiger partial charge is 0.479 e. The van der Waals surface area contributed by atoms with Gasteiger partial charge >= 0.3 is 5.97 Å². The van der Waals surface area contributed by atoms with Gasteiger partial charge in [-0.2, -0.15) is 0 Å². The van der Waals surface area contributed by atoms with E-state index in [4.69, 9.17) is 9.84 Å². The predicted octanol–water partition coefficient (Wildman–Crippen LogP) is 2.52. The quantitative estimate of drug-likeness (QED) is 0.712. The molecule has 0 aromatic rings. The summed E-state index contributed by atoms with van der Waals surface area (Å²) in [5.74, 6) is -0.842. The van der Waals surface area contributed by atoms with E-state index in [9.17, 15) is 4.79 Å². The molecule has 4 heteroatoms. The summed E-state index contributed by atoms with van der Waals surface area (Å²) in [5, 5.41) is 9.03. The number of ether oxygens (including phenoxy) is 1. The normalized spacial score (nSPS) is 19.7. The first-order chi connectivity index (χ1) is 8.65. The fourth-order valence-corrected chi connectivity index (χ4v) is 2.68. The summed E-state index contributed by atoms with van der Waals surface area (Å²) in [6.07, 6.45) is 7.75. The molecule has 0 radical (unpaired) electrons. The zero-order valence-electron chi connectivity index (χ0n) is 11.7. The van der Waals surface area contributed by atoms with Crippen LogP contribution in [-0.4, -0.2) is 48.3 Å². The van der Waals surface area contributed by atoms with E-state index in [2.05, 4.69) is 11.9 Å². The van der Waals surface area contributed by atoms with Crippen molar-refractivity contribution in [1.82, 2.24) is 4.90 Å². The van der Waals surface area contributed by atoms with Crippen LogP contribution in [0.3, 0.4) is 0 Å². The summed E-state index contributed by atoms with van der Waals surface area (Å²) in [5.41, 5.74) is 0. The molecule has 0 bridgehead atoms. The Morgan fingerprint density at radius 2 is 1.94 bits per heavy atom. The van der Waals surface area contributed by atoms with Crippen LogP contribution in [0, 0.1) is 0 Å². The number of aliphatic carboxylic acids is 1. The number of rotatable bonds is 7. The molecule has 0 spiro atoms. The van der Waals surface area contributed by atoms with Gasteiger partial charge in [0.2, 0.25) is 0 Å². The molecule has 0 saturated heterocycles. The lowest BCUT2D eigenvalue weighted by molar-refractivity contribution is -0.150. The number of carboxylic acid groups (broad SMARTS) is 1. The van der Waals surface area contributed by atoms with Crippen LogP contribution in [0.1, 0.15) is 51.9 Å². The van der Waals surface area contributed by atoms with Crippen molar-refractivity contribution in [2.24, 2.45) is 0 Å². The van der Waals surface area contributed by atoms with E-state index in [-0.39, 0.29) is 0 Å². The summed E-state index contributed by atoms with van der Waals surface area (Å²) in [6, 6.07) is 0.628. The molecule has 1 rings (SSSR count). The van der Waals surface area contributed by atoms with Gasteiger partial charge in [-0.05, 0) is 33.2 Å². The molecule has 0 heterocycles. The summed E-state index contributed by atoms with van der Waals surface area (Å²) in [4.78, 5) is 13.3. The lowest BCUT2D eigenvalue weighted by atomic mass is 10.1. The summed E-state index contributed by atoms with van der Waals surface area (Å²) >= 11 is 0. The molecule has 1 fully saturated rings. The van der Waals surface area contributed by atoms with Gasteiger partial charge in [-0.1, -0.05) is 25.7 Å². The molecule has 0 amide bonds. The molecule has 1 aliphatic carbocycles. The fraction of sp³-hybridized carbons (Fsp3) is 0.929. The van der Waals surface area contributed by atoms with E-state index in [1.54, 1.807) is 0 Å². The molecule has 1 unspecified atom stereocenters.